The largest absolute Gasteiger partial charge is 0.503 e. The standard InChI is InChI=1S/C25H21FN2O4/c1-32-25-21(11-18(26)14-27-25)22(29)12-20-13-23(30)24(31)15-28(20)19-9-5-8-17(10-19)16-6-3-2-4-7-16/h2-11,13-15,22,29,31H,12H2,1H3. The predicted octanol–water partition coefficient (Wildman–Crippen LogP) is 4.03. The Balaban J connectivity index is 1.77. The minimum Gasteiger partial charge on any atom is -0.503 e. The molecule has 32 heavy (non-hydrogen) atoms. The molecule has 0 spiro atoms. The molecule has 0 bridgehead atoms. The van der Waals surface area contributed by atoms with E-state index >= 15 is 0 Å². The number of pyridine rings is 2. The highest BCUT2D eigenvalue weighted by Gasteiger charge is 2.19. The van der Waals surface area contributed by atoms with Crippen molar-refractivity contribution in [1.29, 1.82) is 0 Å². The van der Waals surface area contributed by atoms with Crippen LogP contribution < -0.4 is 10.2 Å². The molecule has 2 aromatic heterocycles. The Morgan fingerprint density at radius 3 is 2.56 bits per heavy atom. The summed E-state index contributed by atoms with van der Waals surface area (Å²) in [5.41, 5.74) is 2.66. The van der Waals surface area contributed by atoms with Crippen LogP contribution in [-0.2, 0) is 6.42 Å². The highest BCUT2D eigenvalue weighted by Crippen LogP contribution is 2.28. The molecule has 7 heteroatoms. The number of aliphatic hydroxyl groups excluding tert-OH is 1. The number of hydrogen-bond donors (Lipinski definition) is 2. The lowest BCUT2D eigenvalue weighted by Gasteiger charge is -2.19. The second-order valence-electron chi connectivity index (χ2n) is 7.27. The van der Waals surface area contributed by atoms with E-state index in [-0.39, 0.29) is 17.9 Å². The number of benzene rings is 2. The molecule has 0 saturated heterocycles. The van der Waals surface area contributed by atoms with Crippen LogP contribution in [0.1, 0.15) is 17.4 Å². The Morgan fingerprint density at radius 2 is 1.81 bits per heavy atom. The fourth-order valence-electron chi connectivity index (χ4n) is 3.59. The van der Waals surface area contributed by atoms with Gasteiger partial charge < -0.3 is 19.5 Å². The van der Waals surface area contributed by atoms with Crippen molar-refractivity contribution in [3.05, 3.63) is 106 Å². The third-order valence-electron chi connectivity index (χ3n) is 5.14. The normalized spacial score (nSPS) is 11.8. The van der Waals surface area contributed by atoms with Crippen LogP contribution in [0.3, 0.4) is 0 Å². The van der Waals surface area contributed by atoms with E-state index in [4.69, 9.17) is 4.74 Å². The van der Waals surface area contributed by atoms with Gasteiger partial charge in [-0.05, 0) is 29.3 Å². The van der Waals surface area contributed by atoms with E-state index in [9.17, 15) is 19.4 Å². The van der Waals surface area contributed by atoms with Gasteiger partial charge in [0.05, 0.1) is 25.6 Å². The number of rotatable bonds is 6. The number of methoxy groups -OCH3 is 1. The summed E-state index contributed by atoms with van der Waals surface area (Å²) < 4.78 is 20.5. The molecule has 4 aromatic rings. The molecule has 0 saturated carbocycles. The van der Waals surface area contributed by atoms with Crippen LogP contribution in [0.2, 0.25) is 0 Å². The summed E-state index contributed by atoms with van der Waals surface area (Å²) in [5.74, 6) is -0.936. The highest BCUT2D eigenvalue weighted by atomic mass is 19.1. The van der Waals surface area contributed by atoms with Crippen LogP contribution in [0.5, 0.6) is 11.6 Å². The summed E-state index contributed by atoms with van der Waals surface area (Å²) >= 11 is 0. The number of ether oxygens (including phenoxy) is 1. The lowest BCUT2D eigenvalue weighted by atomic mass is 10.0. The fourth-order valence-corrected chi connectivity index (χ4v) is 3.59. The number of aromatic hydroxyl groups is 1. The Hall–Kier alpha value is -3.97. The zero-order valence-corrected chi connectivity index (χ0v) is 17.3. The Kier molecular flexibility index (Phi) is 6.00. The first-order valence-electron chi connectivity index (χ1n) is 9.94. The molecule has 0 aliphatic carbocycles. The van der Waals surface area contributed by atoms with Gasteiger partial charge in [-0.3, -0.25) is 4.79 Å². The van der Waals surface area contributed by atoms with E-state index in [1.807, 2.05) is 54.6 Å². The minimum absolute atomic E-state index is 0.0351. The van der Waals surface area contributed by atoms with E-state index in [1.54, 1.807) is 4.57 Å². The average molecular weight is 432 g/mol. The molecule has 2 heterocycles. The van der Waals surface area contributed by atoms with Crippen molar-refractivity contribution >= 4 is 0 Å². The summed E-state index contributed by atoms with van der Waals surface area (Å²) in [6.45, 7) is 0. The molecule has 0 fully saturated rings. The van der Waals surface area contributed by atoms with Crippen molar-refractivity contribution in [3.63, 3.8) is 0 Å². The highest BCUT2D eigenvalue weighted by molar-refractivity contribution is 5.66. The fraction of sp³-hybridized carbons (Fsp3) is 0.120. The SMILES string of the molecule is COc1ncc(F)cc1C(O)Cc1cc(=O)c(O)cn1-c1cccc(-c2ccccc2)c1. The number of aromatic nitrogens is 2. The summed E-state index contributed by atoms with van der Waals surface area (Å²) in [4.78, 5) is 16.0. The molecule has 162 valence electrons. The maximum Gasteiger partial charge on any atom is 0.223 e. The topological polar surface area (TPSA) is 84.6 Å². The van der Waals surface area contributed by atoms with E-state index < -0.39 is 23.1 Å². The smallest absolute Gasteiger partial charge is 0.223 e. The van der Waals surface area contributed by atoms with Crippen LogP contribution in [-0.4, -0.2) is 26.9 Å². The van der Waals surface area contributed by atoms with Crippen LogP contribution in [0.25, 0.3) is 16.8 Å². The molecular formula is C25H21FN2O4. The molecule has 2 aromatic carbocycles. The van der Waals surface area contributed by atoms with E-state index in [1.165, 1.54) is 19.4 Å². The van der Waals surface area contributed by atoms with Crippen molar-refractivity contribution in [1.82, 2.24) is 9.55 Å². The van der Waals surface area contributed by atoms with Crippen LogP contribution in [0.4, 0.5) is 4.39 Å². The second-order valence-corrected chi connectivity index (χ2v) is 7.27. The maximum absolute atomic E-state index is 13.7. The molecule has 4 rings (SSSR count). The van der Waals surface area contributed by atoms with Gasteiger partial charge in [0.15, 0.2) is 5.75 Å². The van der Waals surface area contributed by atoms with Gasteiger partial charge in [0.1, 0.15) is 5.82 Å². The van der Waals surface area contributed by atoms with Gasteiger partial charge in [0.2, 0.25) is 11.3 Å². The summed E-state index contributed by atoms with van der Waals surface area (Å²) in [5, 5.41) is 20.9. The lowest BCUT2D eigenvalue weighted by molar-refractivity contribution is 0.170. The minimum atomic E-state index is -1.19. The molecule has 1 atom stereocenters. The molecule has 2 N–H and O–H groups in total. The van der Waals surface area contributed by atoms with Crippen molar-refractivity contribution in [2.24, 2.45) is 0 Å². The number of hydrogen-bond acceptors (Lipinski definition) is 5. The molecule has 0 aliphatic rings. The summed E-state index contributed by atoms with van der Waals surface area (Å²) in [7, 11) is 1.38. The maximum atomic E-state index is 13.7. The van der Waals surface area contributed by atoms with Crippen molar-refractivity contribution in [3.8, 4) is 28.4 Å². The van der Waals surface area contributed by atoms with E-state index in [0.717, 1.165) is 23.4 Å². The third-order valence-corrected chi connectivity index (χ3v) is 5.14. The van der Waals surface area contributed by atoms with Gasteiger partial charge in [-0.1, -0.05) is 42.5 Å². The molecule has 0 radical (unpaired) electrons. The van der Waals surface area contributed by atoms with Gasteiger partial charge in [0, 0.05) is 29.4 Å². The molecule has 6 nitrogen and oxygen atoms in total. The van der Waals surface area contributed by atoms with Crippen LogP contribution in [0.15, 0.2) is 83.9 Å². The Morgan fingerprint density at radius 1 is 1.06 bits per heavy atom. The third kappa shape index (κ3) is 4.38. The molecule has 0 amide bonds. The van der Waals surface area contributed by atoms with Crippen molar-refractivity contribution in [2.75, 3.05) is 7.11 Å². The predicted molar refractivity (Wildman–Crippen MR) is 119 cm³/mol. The first kappa shape index (κ1) is 21.3. The van der Waals surface area contributed by atoms with Crippen molar-refractivity contribution < 1.29 is 19.3 Å². The number of aliphatic hydroxyl groups is 1. The van der Waals surface area contributed by atoms with Gasteiger partial charge in [0.25, 0.3) is 0 Å². The molecule has 1 unspecified atom stereocenters. The number of nitrogens with zero attached hydrogens (tertiary/aromatic N) is 2. The zero-order valence-electron chi connectivity index (χ0n) is 17.3. The Bertz CT molecular complexity index is 1310. The van der Waals surface area contributed by atoms with Gasteiger partial charge in [-0.15, -0.1) is 0 Å². The van der Waals surface area contributed by atoms with Crippen LogP contribution in [0, 0.1) is 5.82 Å². The number of halogens is 1. The van der Waals surface area contributed by atoms with Crippen LogP contribution >= 0.6 is 0 Å². The van der Waals surface area contributed by atoms with Gasteiger partial charge in [-0.2, -0.15) is 0 Å². The lowest BCUT2D eigenvalue weighted by Crippen LogP contribution is -2.15. The first-order chi connectivity index (χ1) is 15.5. The molecular weight excluding hydrogens is 411 g/mol. The summed E-state index contributed by atoms with van der Waals surface area (Å²) in [6.07, 6.45) is 1.09. The second kappa shape index (κ2) is 9.03. The van der Waals surface area contributed by atoms with E-state index in [2.05, 4.69) is 4.98 Å². The molecule has 0 aliphatic heterocycles. The first-order valence-corrected chi connectivity index (χ1v) is 9.94. The van der Waals surface area contributed by atoms with Gasteiger partial charge >= 0.3 is 0 Å². The Labute approximate surface area is 183 Å². The quantitative estimate of drug-likeness (QED) is 0.481. The monoisotopic (exact) mass is 432 g/mol. The zero-order chi connectivity index (χ0) is 22.7. The summed E-state index contributed by atoms with van der Waals surface area (Å²) in [6, 6.07) is 19.8. The van der Waals surface area contributed by atoms with Gasteiger partial charge in [-0.25, -0.2) is 9.37 Å². The van der Waals surface area contributed by atoms with Crippen molar-refractivity contribution in [2.45, 2.75) is 12.5 Å². The average Bonchev–Trinajstić information content (AvgIpc) is 2.82. The van der Waals surface area contributed by atoms with E-state index in [0.29, 0.717) is 11.4 Å².